The Bertz CT molecular complexity index is 334. The van der Waals surface area contributed by atoms with Gasteiger partial charge in [0.25, 0.3) is 0 Å². The van der Waals surface area contributed by atoms with Crippen LogP contribution >= 0.6 is 0 Å². The average Bonchev–Trinajstić information content (AvgIpc) is 2.03. The van der Waals surface area contributed by atoms with E-state index in [9.17, 15) is 9.18 Å². The number of aliphatic hydroxyl groups excluding tert-OH is 1. The maximum absolute atomic E-state index is 13.0. The molecule has 0 bridgehead atoms. The lowest BCUT2D eigenvalue weighted by molar-refractivity contribution is 0.0696. The molecule has 0 spiro atoms. The maximum atomic E-state index is 13.0. The van der Waals surface area contributed by atoms with Gasteiger partial charge in [-0.1, -0.05) is 6.07 Å². The van der Waals surface area contributed by atoms with Crippen LogP contribution in [0, 0.1) is 5.82 Å². The number of carbonyl (C=O) groups is 1. The van der Waals surface area contributed by atoms with E-state index in [1.165, 1.54) is 19.1 Å². The molecule has 0 amide bonds. The van der Waals surface area contributed by atoms with Crippen molar-refractivity contribution in [3.05, 3.63) is 35.1 Å². The first-order valence-corrected chi connectivity index (χ1v) is 3.73. The van der Waals surface area contributed by atoms with Crippen molar-refractivity contribution in [2.45, 2.75) is 13.0 Å². The molecule has 0 saturated heterocycles. The van der Waals surface area contributed by atoms with Gasteiger partial charge in [-0.25, -0.2) is 9.18 Å². The molecule has 0 fully saturated rings. The van der Waals surface area contributed by atoms with E-state index in [1.807, 2.05) is 0 Å². The van der Waals surface area contributed by atoms with Crippen LogP contribution in [0.2, 0.25) is 0 Å². The van der Waals surface area contributed by atoms with Gasteiger partial charge in [-0.3, -0.25) is 0 Å². The number of carboxylic acid groups (broad SMARTS) is 1. The molecule has 1 atom stereocenters. The van der Waals surface area contributed by atoms with Crippen LogP contribution in [-0.2, 0) is 0 Å². The van der Waals surface area contributed by atoms with Crippen molar-refractivity contribution in [3.8, 4) is 0 Å². The Hall–Kier alpha value is -1.42. The zero-order valence-electron chi connectivity index (χ0n) is 6.99. The van der Waals surface area contributed by atoms with Gasteiger partial charge in [-0.2, -0.15) is 0 Å². The molecule has 0 aliphatic carbocycles. The normalized spacial score (nSPS) is 12.5. The zero-order valence-corrected chi connectivity index (χ0v) is 6.99. The van der Waals surface area contributed by atoms with Crippen LogP contribution in [0.1, 0.15) is 28.9 Å². The van der Waals surface area contributed by atoms with Gasteiger partial charge in [0.1, 0.15) is 5.82 Å². The Labute approximate surface area is 74.4 Å². The van der Waals surface area contributed by atoms with E-state index in [2.05, 4.69) is 0 Å². The van der Waals surface area contributed by atoms with Crippen LogP contribution in [-0.4, -0.2) is 16.2 Å². The first-order valence-electron chi connectivity index (χ1n) is 3.73. The Balaban J connectivity index is 3.13. The first kappa shape index (κ1) is 9.67. The monoisotopic (exact) mass is 184 g/mol. The summed E-state index contributed by atoms with van der Waals surface area (Å²) < 4.78 is 13.0. The summed E-state index contributed by atoms with van der Waals surface area (Å²) in [5.74, 6) is -1.88. The highest BCUT2D eigenvalue weighted by Gasteiger charge is 2.10. The van der Waals surface area contributed by atoms with Crippen molar-refractivity contribution in [3.63, 3.8) is 0 Å². The Morgan fingerprint density at radius 1 is 1.54 bits per heavy atom. The number of aromatic carboxylic acids is 1. The van der Waals surface area contributed by atoms with Gasteiger partial charge in [0.05, 0.1) is 11.7 Å². The standard InChI is InChI=1S/C9H9FO3/c1-5(11)7-3-2-6(9(12)13)4-8(7)10/h2-5,11H,1H3,(H,12,13). The molecule has 4 heteroatoms. The Morgan fingerprint density at radius 2 is 2.15 bits per heavy atom. The molecule has 1 unspecified atom stereocenters. The largest absolute Gasteiger partial charge is 0.478 e. The topological polar surface area (TPSA) is 57.5 Å². The van der Waals surface area contributed by atoms with E-state index in [0.29, 0.717) is 0 Å². The molecule has 1 aromatic rings. The van der Waals surface area contributed by atoms with Crippen molar-refractivity contribution in [2.75, 3.05) is 0 Å². The Kier molecular flexibility index (Phi) is 2.63. The summed E-state index contributed by atoms with van der Waals surface area (Å²) in [5.41, 5.74) is -0.0214. The molecule has 2 N–H and O–H groups in total. The third kappa shape index (κ3) is 2.03. The van der Waals surface area contributed by atoms with Crippen LogP contribution in [0.15, 0.2) is 18.2 Å². The van der Waals surface area contributed by atoms with Gasteiger partial charge >= 0.3 is 5.97 Å². The van der Waals surface area contributed by atoms with Crippen LogP contribution in [0.25, 0.3) is 0 Å². The van der Waals surface area contributed by atoms with E-state index < -0.39 is 17.9 Å². The average molecular weight is 184 g/mol. The van der Waals surface area contributed by atoms with Crippen LogP contribution < -0.4 is 0 Å². The molecule has 0 aliphatic rings. The van der Waals surface area contributed by atoms with Crippen molar-refractivity contribution in [1.29, 1.82) is 0 Å². The molecule has 0 aliphatic heterocycles. The number of rotatable bonds is 2. The molecule has 13 heavy (non-hydrogen) atoms. The number of carboxylic acids is 1. The highest BCUT2D eigenvalue weighted by molar-refractivity contribution is 5.87. The number of benzene rings is 1. The number of halogens is 1. The lowest BCUT2D eigenvalue weighted by Gasteiger charge is -2.05. The number of hydrogen-bond acceptors (Lipinski definition) is 2. The second-order valence-corrected chi connectivity index (χ2v) is 2.72. The zero-order chi connectivity index (χ0) is 10.0. The molecule has 0 radical (unpaired) electrons. The molecule has 0 saturated carbocycles. The van der Waals surface area contributed by atoms with Crippen molar-refractivity contribution < 1.29 is 19.4 Å². The molecule has 0 aromatic heterocycles. The minimum absolute atomic E-state index is 0.102. The highest BCUT2D eigenvalue weighted by Crippen LogP contribution is 2.17. The quantitative estimate of drug-likeness (QED) is 0.733. The summed E-state index contributed by atoms with van der Waals surface area (Å²) in [6, 6.07) is 3.42. The van der Waals surface area contributed by atoms with E-state index in [0.717, 1.165) is 6.07 Å². The summed E-state index contributed by atoms with van der Waals surface area (Å²) in [7, 11) is 0. The molecule has 3 nitrogen and oxygen atoms in total. The van der Waals surface area contributed by atoms with Crippen LogP contribution in [0.5, 0.6) is 0 Å². The summed E-state index contributed by atoms with van der Waals surface area (Å²) in [5, 5.41) is 17.6. The second-order valence-electron chi connectivity index (χ2n) is 2.72. The Morgan fingerprint density at radius 3 is 2.54 bits per heavy atom. The third-order valence-corrected chi connectivity index (χ3v) is 1.70. The first-order chi connectivity index (χ1) is 6.02. The summed E-state index contributed by atoms with van der Waals surface area (Å²) >= 11 is 0. The third-order valence-electron chi connectivity index (χ3n) is 1.70. The molecule has 0 heterocycles. The smallest absolute Gasteiger partial charge is 0.335 e. The minimum Gasteiger partial charge on any atom is -0.478 e. The summed E-state index contributed by atoms with van der Waals surface area (Å²) in [6.45, 7) is 1.42. The lowest BCUT2D eigenvalue weighted by atomic mass is 10.1. The fourth-order valence-corrected chi connectivity index (χ4v) is 0.999. The summed E-state index contributed by atoms with van der Waals surface area (Å²) in [6.07, 6.45) is -0.928. The van der Waals surface area contributed by atoms with Crippen LogP contribution in [0.4, 0.5) is 4.39 Å². The van der Waals surface area contributed by atoms with Gasteiger partial charge < -0.3 is 10.2 Å². The predicted octanol–water partition coefficient (Wildman–Crippen LogP) is 1.58. The van der Waals surface area contributed by atoms with E-state index in [-0.39, 0.29) is 11.1 Å². The molecule has 1 rings (SSSR count). The number of aliphatic hydroxyl groups is 1. The van der Waals surface area contributed by atoms with E-state index >= 15 is 0 Å². The highest BCUT2D eigenvalue weighted by atomic mass is 19.1. The second kappa shape index (κ2) is 3.53. The predicted molar refractivity (Wildman–Crippen MR) is 44.0 cm³/mol. The summed E-state index contributed by atoms with van der Waals surface area (Å²) in [4.78, 5) is 10.4. The number of hydrogen-bond donors (Lipinski definition) is 2. The van der Waals surface area contributed by atoms with Gasteiger partial charge in [0.2, 0.25) is 0 Å². The molecular formula is C9H9FO3. The van der Waals surface area contributed by atoms with Gasteiger partial charge in [-0.15, -0.1) is 0 Å². The SMILES string of the molecule is CC(O)c1ccc(C(=O)O)cc1F. The van der Waals surface area contributed by atoms with Crippen LogP contribution in [0.3, 0.4) is 0 Å². The lowest BCUT2D eigenvalue weighted by Crippen LogP contribution is -2.01. The maximum Gasteiger partial charge on any atom is 0.335 e. The fraction of sp³-hybridized carbons (Fsp3) is 0.222. The molecular weight excluding hydrogens is 175 g/mol. The van der Waals surface area contributed by atoms with Crippen molar-refractivity contribution >= 4 is 5.97 Å². The van der Waals surface area contributed by atoms with Gasteiger partial charge in [0, 0.05) is 5.56 Å². The van der Waals surface area contributed by atoms with Gasteiger partial charge in [-0.05, 0) is 19.1 Å². The van der Waals surface area contributed by atoms with E-state index in [4.69, 9.17) is 10.2 Å². The van der Waals surface area contributed by atoms with Gasteiger partial charge in [0.15, 0.2) is 0 Å². The molecule has 70 valence electrons. The fourth-order valence-electron chi connectivity index (χ4n) is 0.999. The van der Waals surface area contributed by atoms with Crippen molar-refractivity contribution in [2.24, 2.45) is 0 Å². The molecule has 1 aromatic carbocycles. The van der Waals surface area contributed by atoms with Crippen molar-refractivity contribution in [1.82, 2.24) is 0 Å². The van der Waals surface area contributed by atoms with E-state index in [1.54, 1.807) is 0 Å². The minimum atomic E-state index is -1.18.